The van der Waals surface area contributed by atoms with Crippen LogP contribution in [0.5, 0.6) is 0 Å². The van der Waals surface area contributed by atoms with E-state index in [0.29, 0.717) is 0 Å². The third-order valence-electron chi connectivity index (χ3n) is 5.10. The molecule has 0 atom stereocenters. The van der Waals surface area contributed by atoms with E-state index in [1.807, 2.05) is 23.1 Å². The second-order valence-corrected chi connectivity index (χ2v) is 7.49. The van der Waals surface area contributed by atoms with Crippen LogP contribution in [0.4, 0.5) is 5.69 Å². The van der Waals surface area contributed by atoms with Gasteiger partial charge in [-0.3, -0.25) is 4.79 Å². The fourth-order valence-corrected chi connectivity index (χ4v) is 3.44. The molecule has 0 bridgehead atoms. The van der Waals surface area contributed by atoms with Gasteiger partial charge in [0.15, 0.2) is 0 Å². The minimum absolute atomic E-state index is 0.147. The Morgan fingerprint density at radius 1 is 0.962 bits per heavy atom. The van der Waals surface area contributed by atoms with Crippen LogP contribution in [-0.2, 0) is 6.54 Å². The van der Waals surface area contributed by atoms with Gasteiger partial charge < -0.3 is 14.7 Å². The number of aryl methyl sites for hydroxylation is 2. The first-order chi connectivity index (χ1) is 12.4. The first-order valence-electron chi connectivity index (χ1n) is 9.29. The molecule has 2 aromatic carbocycles. The predicted octanol–water partition coefficient (Wildman–Crippen LogP) is 3.33. The Kier molecular flexibility index (Phi) is 5.62. The minimum Gasteiger partial charge on any atom is -0.368 e. The maximum Gasteiger partial charge on any atom is 0.253 e. The van der Waals surface area contributed by atoms with Crippen LogP contribution in [0.1, 0.15) is 27.0 Å². The van der Waals surface area contributed by atoms with Gasteiger partial charge in [-0.2, -0.15) is 0 Å². The third-order valence-corrected chi connectivity index (χ3v) is 5.10. The molecule has 3 rings (SSSR count). The zero-order chi connectivity index (χ0) is 18.7. The molecule has 1 amide bonds. The highest BCUT2D eigenvalue weighted by Crippen LogP contribution is 2.20. The highest BCUT2D eigenvalue weighted by atomic mass is 16.2. The number of piperazine rings is 1. The van der Waals surface area contributed by atoms with E-state index < -0.39 is 0 Å². The van der Waals surface area contributed by atoms with E-state index in [1.165, 1.54) is 22.4 Å². The second-order valence-electron chi connectivity index (χ2n) is 7.49. The predicted molar refractivity (Wildman–Crippen MR) is 108 cm³/mol. The molecule has 2 aromatic rings. The molecule has 0 aliphatic carbocycles. The van der Waals surface area contributed by atoms with Crippen molar-refractivity contribution in [2.75, 3.05) is 45.2 Å². The van der Waals surface area contributed by atoms with Crippen molar-refractivity contribution in [1.29, 1.82) is 0 Å². The zero-order valence-electron chi connectivity index (χ0n) is 16.3. The number of hydrogen-bond acceptors (Lipinski definition) is 3. The Hall–Kier alpha value is -2.33. The average molecular weight is 351 g/mol. The molecule has 1 saturated heterocycles. The molecule has 1 heterocycles. The van der Waals surface area contributed by atoms with Gasteiger partial charge in [-0.25, -0.2) is 0 Å². The summed E-state index contributed by atoms with van der Waals surface area (Å²) in [5.41, 5.74) is 5.77. The summed E-state index contributed by atoms with van der Waals surface area (Å²) < 4.78 is 0. The van der Waals surface area contributed by atoms with E-state index in [9.17, 15) is 4.79 Å². The highest BCUT2D eigenvalue weighted by molar-refractivity contribution is 5.94. The van der Waals surface area contributed by atoms with Crippen LogP contribution in [0.3, 0.4) is 0 Å². The van der Waals surface area contributed by atoms with Gasteiger partial charge in [-0.15, -0.1) is 0 Å². The summed E-state index contributed by atoms with van der Waals surface area (Å²) >= 11 is 0. The number of carbonyl (C=O) groups excluding carboxylic acids is 1. The molecule has 26 heavy (non-hydrogen) atoms. The Morgan fingerprint density at radius 2 is 1.69 bits per heavy atom. The first kappa shape index (κ1) is 18.5. The van der Waals surface area contributed by atoms with E-state index in [1.54, 1.807) is 0 Å². The Bertz CT molecular complexity index is 777. The molecule has 0 spiro atoms. The molecule has 1 aliphatic rings. The third kappa shape index (κ3) is 4.25. The summed E-state index contributed by atoms with van der Waals surface area (Å²) in [5, 5.41) is 0. The van der Waals surface area contributed by atoms with Crippen LogP contribution in [0.2, 0.25) is 0 Å². The smallest absolute Gasteiger partial charge is 0.253 e. The number of nitrogens with zero attached hydrogens (tertiary/aromatic N) is 3. The lowest BCUT2D eigenvalue weighted by atomic mass is 10.1. The lowest BCUT2D eigenvalue weighted by Gasteiger charge is -2.36. The molecule has 4 nitrogen and oxygen atoms in total. The maximum atomic E-state index is 12.8. The molecule has 0 unspecified atom stereocenters. The highest BCUT2D eigenvalue weighted by Gasteiger charge is 2.22. The number of carbonyl (C=O) groups is 1. The van der Waals surface area contributed by atoms with E-state index >= 15 is 0 Å². The van der Waals surface area contributed by atoms with Crippen molar-refractivity contribution < 1.29 is 4.79 Å². The fraction of sp³-hybridized carbons (Fsp3) is 0.409. The number of rotatable bonds is 4. The van der Waals surface area contributed by atoms with Crippen LogP contribution >= 0.6 is 0 Å². The summed E-state index contributed by atoms with van der Waals surface area (Å²) in [6.07, 6.45) is 0. The Balaban J connectivity index is 1.63. The molecule has 0 N–H and O–H groups in total. The summed E-state index contributed by atoms with van der Waals surface area (Å²) in [6, 6.07) is 14.7. The van der Waals surface area contributed by atoms with Crippen molar-refractivity contribution in [3.8, 4) is 0 Å². The second kappa shape index (κ2) is 7.92. The molecule has 138 valence electrons. The standard InChI is InChI=1S/C22H29N3O/c1-17-8-9-20(14-18(17)2)22(26)25-12-10-24(11-13-25)21-7-5-6-19(15-21)16-23(3)4/h5-9,14-15H,10-13,16H2,1-4H3. The van der Waals surface area contributed by atoms with Crippen LogP contribution in [0.15, 0.2) is 42.5 Å². The van der Waals surface area contributed by atoms with Gasteiger partial charge >= 0.3 is 0 Å². The van der Waals surface area contributed by atoms with Crippen molar-refractivity contribution >= 4 is 11.6 Å². The summed E-state index contributed by atoms with van der Waals surface area (Å²) in [4.78, 5) is 19.3. The van der Waals surface area contributed by atoms with Crippen LogP contribution in [0.25, 0.3) is 0 Å². The Morgan fingerprint density at radius 3 is 2.35 bits per heavy atom. The van der Waals surface area contributed by atoms with Gasteiger partial charge in [0.2, 0.25) is 0 Å². The van der Waals surface area contributed by atoms with Crippen LogP contribution < -0.4 is 4.90 Å². The zero-order valence-corrected chi connectivity index (χ0v) is 16.3. The van der Waals surface area contributed by atoms with E-state index in [-0.39, 0.29) is 5.91 Å². The molecule has 1 aliphatic heterocycles. The molecule has 1 fully saturated rings. The molecule has 0 saturated carbocycles. The molecule has 4 heteroatoms. The van der Waals surface area contributed by atoms with Gasteiger partial charge in [-0.1, -0.05) is 18.2 Å². The SMILES string of the molecule is Cc1ccc(C(=O)N2CCN(c3cccc(CN(C)C)c3)CC2)cc1C. The Labute approximate surface area is 157 Å². The molecule has 0 radical (unpaired) electrons. The fourth-order valence-electron chi connectivity index (χ4n) is 3.44. The normalized spacial score (nSPS) is 14.8. The van der Waals surface area contributed by atoms with Gasteiger partial charge in [0.1, 0.15) is 0 Å². The minimum atomic E-state index is 0.147. The summed E-state index contributed by atoms with van der Waals surface area (Å²) in [7, 11) is 4.17. The van der Waals surface area contributed by atoms with Gasteiger partial charge in [0.05, 0.1) is 0 Å². The van der Waals surface area contributed by atoms with Gasteiger partial charge in [0.25, 0.3) is 5.91 Å². The molecular formula is C22H29N3O. The van der Waals surface area contributed by atoms with Crippen molar-refractivity contribution in [2.45, 2.75) is 20.4 Å². The number of amides is 1. The summed E-state index contributed by atoms with van der Waals surface area (Å²) in [6.45, 7) is 8.37. The molecular weight excluding hydrogens is 322 g/mol. The van der Waals surface area contributed by atoms with Crippen molar-refractivity contribution in [3.63, 3.8) is 0 Å². The summed E-state index contributed by atoms with van der Waals surface area (Å²) in [5.74, 6) is 0.147. The van der Waals surface area contributed by atoms with Gasteiger partial charge in [0, 0.05) is 44.0 Å². The lowest BCUT2D eigenvalue weighted by Crippen LogP contribution is -2.48. The molecule has 0 aromatic heterocycles. The van der Waals surface area contributed by atoms with Crippen molar-refractivity contribution in [1.82, 2.24) is 9.80 Å². The van der Waals surface area contributed by atoms with Crippen LogP contribution in [-0.4, -0.2) is 56.0 Å². The van der Waals surface area contributed by atoms with E-state index in [0.717, 1.165) is 38.3 Å². The average Bonchev–Trinajstić information content (AvgIpc) is 2.63. The number of benzene rings is 2. The number of anilines is 1. The van der Waals surface area contributed by atoms with Gasteiger partial charge in [-0.05, 0) is 68.9 Å². The van der Waals surface area contributed by atoms with E-state index in [4.69, 9.17) is 0 Å². The van der Waals surface area contributed by atoms with E-state index in [2.05, 4.69) is 62.0 Å². The topological polar surface area (TPSA) is 26.8 Å². The quantitative estimate of drug-likeness (QED) is 0.845. The largest absolute Gasteiger partial charge is 0.368 e. The number of hydrogen-bond donors (Lipinski definition) is 0. The maximum absolute atomic E-state index is 12.8. The lowest BCUT2D eigenvalue weighted by molar-refractivity contribution is 0.0746. The monoisotopic (exact) mass is 351 g/mol. The van der Waals surface area contributed by atoms with Crippen molar-refractivity contribution in [3.05, 3.63) is 64.7 Å². The van der Waals surface area contributed by atoms with Crippen LogP contribution in [0, 0.1) is 13.8 Å². The van der Waals surface area contributed by atoms with Crippen molar-refractivity contribution in [2.24, 2.45) is 0 Å². The first-order valence-corrected chi connectivity index (χ1v) is 9.29.